The molecule has 3 atom stereocenters. The molecule has 1 aromatic heterocycles. The minimum atomic E-state index is 0.295. The highest BCUT2D eigenvalue weighted by Gasteiger charge is 2.42. The summed E-state index contributed by atoms with van der Waals surface area (Å²) in [5.41, 5.74) is 2.05. The molecule has 0 bridgehead atoms. The molecular formula is C26H50N4. The van der Waals surface area contributed by atoms with E-state index < -0.39 is 0 Å². The van der Waals surface area contributed by atoms with Crippen LogP contribution in [-0.4, -0.2) is 27.1 Å². The smallest absolute Gasteiger partial charge is 0.0725 e. The van der Waals surface area contributed by atoms with E-state index in [9.17, 15) is 0 Å². The van der Waals surface area contributed by atoms with Crippen LogP contribution in [0.15, 0.2) is 6.20 Å². The fourth-order valence-electron chi connectivity index (χ4n) is 5.53. The van der Waals surface area contributed by atoms with Gasteiger partial charge in [0.05, 0.1) is 11.9 Å². The van der Waals surface area contributed by atoms with Crippen LogP contribution in [0.3, 0.4) is 0 Å². The molecule has 1 aliphatic carbocycles. The van der Waals surface area contributed by atoms with Crippen LogP contribution >= 0.6 is 0 Å². The van der Waals surface area contributed by atoms with Crippen LogP contribution < -0.4 is 5.32 Å². The number of aryl methyl sites for hydroxylation is 1. The topological polar surface area (TPSA) is 42.7 Å². The fourth-order valence-corrected chi connectivity index (χ4v) is 5.53. The first-order valence-corrected chi connectivity index (χ1v) is 13.0. The minimum Gasteiger partial charge on any atom is -0.312 e. The molecule has 0 aromatic carbocycles. The summed E-state index contributed by atoms with van der Waals surface area (Å²) in [6.07, 6.45) is 17.3. The van der Waals surface area contributed by atoms with E-state index in [2.05, 4.69) is 61.9 Å². The van der Waals surface area contributed by atoms with Gasteiger partial charge in [0.2, 0.25) is 0 Å². The standard InChI is InChI=1S/C26H50N4/c1-7-11-18-26(6,17-9-3)27-19-12-13-23-20-28-29-30(23)21-24(22-14-15-22)25(5,10-4)16-8-2/h20,22,24,27H,7-19,21H2,1-6H3. The number of nitrogens with one attached hydrogen (secondary N) is 1. The van der Waals surface area contributed by atoms with Crippen LogP contribution in [0.1, 0.15) is 118 Å². The van der Waals surface area contributed by atoms with Crippen LogP contribution in [-0.2, 0) is 13.0 Å². The lowest BCUT2D eigenvalue weighted by Crippen LogP contribution is -2.42. The molecule has 4 nitrogen and oxygen atoms in total. The SMILES string of the molecule is CCCCC(C)(CCC)NCCCc1cnnn1CC(C1CC1)C(C)(CC)CCC. The Bertz CT molecular complexity index is 594. The second-order valence-corrected chi connectivity index (χ2v) is 10.6. The minimum absolute atomic E-state index is 0.295. The second-order valence-electron chi connectivity index (χ2n) is 10.6. The Labute approximate surface area is 187 Å². The lowest BCUT2D eigenvalue weighted by molar-refractivity contribution is 0.113. The Kier molecular flexibility index (Phi) is 10.3. The summed E-state index contributed by atoms with van der Waals surface area (Å²) < 4.78 is 2.24. The number of hydrogen-bond donors (Lipinski definition) is 1. The highest BCUT2D eigenvalue weighted by atomic mass is 15.4. The van der Waals surface area contributed by atoms with Gasteiger partial charge in [0, 0.05) is 12.1 Å². The molecule has 30 heavy (non-hydrogen) atoms. The molecular weight excluding hydrogens is 368 g/mol. The average molecular weight is 419 g/mol. The van der Waals surface area contributed by atoms with E-state index in [0.29, 0.717) is 11.0 Å². The van der Waals surface area contributed by atoms with E-state index in [1.54, 1.807) is 0 Å². The summed E-state index contributed by atoms with van der Waals surface area (Å²) >= 11 is 0. The first-order chi connectivity index (χ1) is 14.4. The van der Waals surface area contributed by atoms with E-state index >= 15 is 0 Å². The Morgan fingerprint density at radius 3 is 2.37 bits per heavy atom. The molecule has 1 saturated carbocycles. The van der Waals surface area contributed by atoms with Crippen LogP contribution in [0.4, 0.5) is 0 Å². The van der Waals surface area contributed by atoms with Crippen LogP contribution in [0.5, 0.6) is 0 Å². The summed E-state index contributed by atoms with van der Waals surface area (Å²) in [6, 6.07) is 0. The van der Waals surface area contributed by atoms with Gasteiger partial charge in [-0.15, -0.1) is 5.10 Å². The van der Waals surface area contributed by atoms with Crippen molar-refractivity contribution in [3.05, 3.63) is 11.9 Å². The van der Waals surface area contributed by atoms with Crippen molar-refractivity contribution >= 4 is 0 Å². The van der Waals surface area contributed by atoms with Gasteiger partial charge in [0.15, 0.2) is 0 Å². The maximum Gasteiger partial charge on any atom is 0.0725 e. The quantitative estimate of drug-likeness (QED) is 0.283. The molecule has 1 aliphatic rings. The highest BCUT2D eigenvalue weighted by Crippen LogP contribution is 2.50. The van der Waals surface area contributed by atoms with E-state index in [1.807, 2.05) is 6.20 Å². The summed E-state index contributed by atoms with van der Waals surface area (Å²) in [5, 5.41) is 12.7. The third-order valence-corrected chi connectivity index (χ3v) is 7.83. The first-order valence-electron chi connectivity index (χ1n) is 13.0. The highest BCUT2D eigenvalue weighted by molar-refractivity contribution is 4.98. The van der Waals surface area contributed by atoms with Crippen LogP contribution in [0.2, 0.25) is 0 Å². The summed E-state index contributed by atoms with van der Waals surface area (Å²) in [6.45, 7) is 16.4. The van der Waals surface area contributed by atoms with Crippen molar-refractivity contribution < 1.29 is 0 Å². The van der Waals surface area contributed by atoms with E-state index in [0.717, 1.165) is 37.8 Å². The first kappa shape index (κ1) is 25.4. The summed E-state index contributed by atoms with van der Waals surface area (Å²) in [4.78, 5) is 0. The monoisotopic (exact) mass is 418 g/mol. The largest absolute Gasteiger partial charge is 0.312 e. The van der Waals surface area contributed by atoms with Gasteiger partial charge in [-0.3, -0.25) is 0 Å². The predicted octanol–water partition coefficient (Wildman–Crippen LogP) is 6.79. The van der Waals surface area contributed by atoms with E-state index in [-0.39, 0.29) is 0 Å². The van der Waals surface area contributed by atoms with Crippen molar-refractivity contribution in [1.82, 2.24) is 20.3 Å². The molecule has 1 heterocycles. The number of hydrogen-bond acceptors (Lipinski definition) is 3. The van der Waals surface area contributed by atoms with E-state index in [4.69, 9.17) is 0 Å². The zero-order valence-corrected chi connectivity index (χ0v) is 21.0. The van der Waals surface area contributed by atoms with Gasteiger partial charge in [-0.2, -0.15) is 0 Å². The zero-order chi connectivity index (χ0) is 22.0. The van der Waals surface area contributed by atoms with Crippen molar-refractivity contribution in [3.63, 3.8) is 0 Å². The third kappa shape index (κ3) is 7.35. The molecule has 0 aliphatic heterocycles. The Balaban J connectivity index is 1.91. The summed E-state index contributed by atoms with van der Waals surface area (Å²) in [5.74, 6) is 1.64. The molecule has 3 unspecified atom stereocenters. The molecule has 0 spiro atoms. The van der Waals surface area contributed by atoms with Gasteiger partial charge in [-0.05, 0) is 75.7 Å². The maximum absolute atomic E-state index is 4.52. The van der Waals surface area contributed by atoms with Crippen molar-refractivity contribution in [1.29, 1.82) is 0 Å². The normalized spacial score (nSPS) is 19.4. The maximum atomic E-state index is 4.52. The molecule has 174 valence electrons. The van der Waals surface area contributed by atoms with Crippen molar-refractivity contribution in [2.45, 2.75) is 131 Å². The van der Waals surface area contributed by atoms with Gasteiger partial charge >= 0.3 is 0 Å². The lowest BCUT2D eigenvalue weighted by atomic mass is 9.69. The average Bonchev–Trinajstić information content (AvgIpc) is 3.47. The van der Waals surface area contributed by atoms with Gasteiger partial charge in [-0.25, -0.2) is 4.68 Å². The third-order valence-electron chi connectivity index (χ3n) is 7.83. The van der Waals surface area contributed by atoms with Crippen molar-refractivity contribution in [2.24, 2.45) is 17.3 Å². The zero-order valence-electron chi connectivity index (χ0n) is 21.0. The molecule has 4 heteroatoms. The Morgan fingerprint density at radius 2 is 1.77 bits per heavy atom. The number of unbranched alkanes of at least 4 members (excludes halogenated alkanes) is 1. The van der Waals surface area contributed by atoms with Gasteiger partial charge in [-0.1, -0.05) is 71.9 Å². The van der Waals surface area contributed by atoms with Gasteiger partial charge < -0.3 is 5.32 Å². The van der Waals surface area contributed by atoms with Gasteiger partial charge in [0.25, 0.3) is 0 Å². The van der Waals surface area contributed by atoms with Crippen molar-refractivity contribution in [3.8, 4) is 0 Å². The molecule has 1 N–H and O–H groups in total. The van der Waals surface area contributed by atoms with Crippen LogP contribution in [0, 0.1) is 17.3 Å². The fraction of sp³-hybridized carbons (Fsp3) is 0.923. The van der Waals surface area contributed by atoms with Crippen molar-refractivity contribution in [2.75, 3.05) is 6.54 Å². The summed E-state index contributed by atoms with van der Waals surface area (Å²) in [7, 11) is 0. The van der Waals surface area contributed by atoms with Gasteiger partial charge in [0.1, 0.15) is 0 Å². The number of nitrogens with zero attached hydrogens (tertiary/aromatic N) is 3. The molecule has 1 aromatic rings. The lowest BCUT2D eigenvalue weighted by Gasteiger charge is -2.37. The second kappa shape index (κ2) is 12.2. The Hall–Kier alpha value is -0.900. The number of aromatic nitrogens is 3. The molecule has 0 radical (unpaired) electrons. The molecule has 0 saturated heterocycles. The molecule has 0 amide bonds. The van der Waals surface area contributed by atoms with E-state index in [1.165, 1.54) is 69.9 Å². The number of rotatable bonds is 17. The molecule has 2 rings (SSSR count). The van der Waals surface area contributed by atoms with Crippen LogP contribution in [0.25, 0.3) is 0 Å². The predicted molar refractivity (Wildman–Crippen MR) is 129 cm³/mol. The Morgan fingerprint density at radius 1 is 1.03 bits per heavy atom. The molecule has 1 fully saturated rings.